The summed E-state index contributed by atoms with van der Waals surface area (Å²) in [6, 6.07) is -0.0763. The van der Waals surface area contributed by atoms with E-state index in [1.807, 2.05) is 0 Å². The van der Waals surface area contributed by atoms with E-state index in [1.54, 1.807) is 0 Å². The van der Waals surface area contributed by atoms with Gasteiger partial charge in [-0.05, 0) is 19.4 Å². The Balaban J connectivity index is 2.11. The number of esters is 1. The van der Waals surface area contributed by atoms with Crippen LogP contribution in [0.5, 0.6) is 0 Å². The van der Waals surface area contributed by atoms with Crippen molar-refractivity contribution in [3.05, 3.63) is 0 Å². The van der Waals surface area contributed by atoms with Crippen molar-refractivity contribution in [1.82, 2.24) is 10.6 Å². The SMILES string of the molecule is COC(=O)CCNC(=O)[C@H]1CCCN1. The van der Waals surface area contributed by atoms with Gasteiger partial charge in [0.25, 0.3) is 0 Å². The molecule has 14 heavy (non-hydrogen) atoms. The Morgan fingerprint density at radius 1 is 1.57 bits per heavy atom. The lowest BCUT2D eigenvalue weighted by Gasteiger charge is -2.10. The highest BCUT2D eigenvalue weighted by atomic mass is 16.5. The second-order valence-corrected chi connectivity index (χ2v) is 3.27. The average molecular weight is 200 g/mol. The molecular weight excluding hydrogens is 184 g/mol. The normalized spacial score (nSPS) is 20.5. The molecule has 0 radical (unpaired) electrons. The summed E-state index contributed by atoms with van der Waals surface area (Å²) < 4.78 is 4.45. The van der Waals surface area contributed by atoms with Crippen LogP contribution in [0.1, 0.15) is 19.3 Å². The van der Waals surface area contributed by atoms with Crippen LogP contribution >= 0.6 is 0 Å². The number of nitrogens with one attached hydrogen (secondary N) is 2. The number of methoxy groups -OCH3 is 1. The van der Waals surface area contributed by atoms with E-state index in [9.17, 15) is 9.59 Å². The number of hydrogen-bond donors (Lipinski definition) is 2. The molecule has 1 aliphatic heterocycles. The minimum Gasteiger partial charge on any atom is -0.469 e. The fraction of sp³-hybridized carbons (Fsp3) is 0.778. The molecular formula is C9H16N2O3. The summed E-state index contributed by atoms with van der Waals surface area (Å²) in [6.45, 7) is 1.25. The molecule has 1 fully saturated rings. The fourth-order valence-electron chi connectivity index (χ4n) is 1.42. The Hall–Kier alpha value is -1.10. The highest BCUT2D eigenvalue weighted by Crippen LogP contribution is 2.04. The lowest BCUT2D eigenvalue weighted by Crippen LogP contribution is -2.41. The van der Waals surface area contributed by atoms with Crippen LogP contribution in [0.3, 0.4) is 0 Å². The van der Waals surface area contributed by atoms with Gasteiger partial charge >= 0.3 is 5.97 Å². The van der Waals surface area contributed by atoms with Gasteiger partial charge in [-0.2, -0.15) is 0 Å². The van der Waals surface area contributed by atoms with Gasteiger partial charge in [0.15, 0.2) is 0 Å². The van der Waals surface area contributed by atoms with Crippen LogP contribution < -0.4 is 10.6 Å². The van der Waals surface area contributed by atoms with Gasteiger partial charge in [-0.3, -0.25) is 9.59 Å². The Morgan fingerprint density at radius 2 is 2.36 bits per heavy atom. The topological polar surface area (TPSA) is 67.4 Å². The minimum atomic E-state index is -0.301. The van der Waals surface area contributed by atoms with Gasteiger partial charge in [0.2, 0.25) is 5.91 Å². The van der Waals surface area contributed by atoms with Crippen molar-refractivity contribution < 1.29 is 14.3 Å². The average Bonchev–Trinajstić information content (AvgIpc) is 2.70. The molecule has 1 heterocycles. The predicted molar refractivity (Wildman–Crippen MR) is 50.7 cm³/mol. The molecule has 1 saturated heterocycles. The largest absolute Gasteiger partial charge is 0.469 e. The molecule has 1 amide bonds. The van der Waals surface area contributed by atoms with Gasteiger partial charge in [0.1, 0.15) is 0 Å². The van der Waals surface area contributed by atoms with Crippen LogP contribution in [0.2, 0.25) is 0 Å². The second kappa shape index (κ2) is 5.59. The molecule has 0 saturated carbocycles. The van der Waals surface area contributed by atoms with Crippen LogP contribution in [0.4, 0.5) is 0 Å². The summed E-state index contributed by atoms with van der Waals surface area (Å²) >= 11 is 0. The first-order valence-electron chi connectivity index (χ1n) is 4.82. The zero-order valence-corrected chi connectivity index (χ0v) is 8.34. The van der Waals surface area contributed by atoms with Gasteiger partial charge in [0.05, 0.1) is 19.6 Å². The first-order valence-corrected chi connectivity index (χ1v) is 4.82. The summed E-state index contributed by atoms with van der Waals surface area (Å²) in [5.74, 6) is -0.323. The maximum absolute atomic E-state index is 11.4. The molecule has 1 atom stereocenters. The number of rotatable bonds is 4. The third-order valence-electron chi connectivity index (χ3n) is 2.23. The Bertz CT molecular complexity index is 212. The molecule has 0 aliphatic carbocycles. The summed E-state index contributed by atoms with van der Waals surface area (Å²) in [5.41, 5.74) is 0. The zero-order valence-electron chi connectivity index (χ0n) is 8.34. The molecule has 5 heteroatoms. The van der Waals surface area contributed by atoms with Crippen LogP contribution in [-0.4, -0.2) is 38.1 Å². The van der Waals surface area contributed by atoms with Crippen LogP contribution in [-0.2, 0) is 14.3 Å². The summed E-state index contributed by atoms with van der Waals surface area (Å²) in [4.78, 5) is 22.1. The van der Waals surface area contributed by atoms with E-state index in [0.29, 0.717) is 6.54 Å². The summed E-state index contributed by atoms with van der Waals surface area (Å²) in [5, 5.41) is 5.77. The van der Waals surface area contributed by atoms with E-state index in [2.05, 4.69) is 15.4 Å². The highest BCUT2D eigenvalue weighted by molar-refractivity contribution is 5.82. The molecule has 0 spiro atoms. The molecule has 0 unspecified atom stereocenters. The number of ether oxygens (including phenoxy) is 1. The number of carbonyl (C=O) groups is 2. The molecule has 1 aliphatic rings. The number of carbonyl (C=O) groups excluding carboxylic acids is 2. The number of hydrogen-bond acceptors (Lipinski definition) is 4. The molecule has 0 bridgehead atoms. The fourth-order valence-corrected chi connectivity index (χ4v) is 1.42. The Morgan fingerprint density at radius 3 is 2.93 bits per heavy atom. The van der Waals surface area contributed by atoms with E-state index in [-0.39, 0.29) is 24.3 Å². The van der Waals surface area contributed by atoms with E-state index in [4.69, 9.17) is 0 Å². The van der Waals surface area contributed by atoms with Crippen molar-refractivity contribution in [2.24, 2.45) is 0 Å². The highest BCUT2D eigenvalue weighted by Gasteiger charge is 2.21. The van der Waals surface area contributed by atoms with E-state index < -0.39 is 0 Å². The van der Waals surface area contributed by atoms with E-state index >= 15 is 0 Å². The second-order valence-electron chi connectivity index (χ2n) is 3.27. The van der Waals surface area contributed by atoms with Gasteiger partial charge in [-0.25, -0.2) is 0 Å². The molecule has 0 aromatic heterocycles. The van der Waals surface area contributed by atoms with Gasteiger partial charge < -0.3 is 15.4 Å². The molecule has 2 N–H and O–H groups in total. The maximum atomic E-state index is 11.4. The molecule has 80 valence electrons. The maximum Gasteiger partial charge on any atom is 0.307 e. The van der Waals surface area contributed by atoms with E-state index in [0.717, 1.165) is 19.4 Å². The number of amides is 1. The van der Waals surface area contributed by atoms with Gasteiger partial charge in [-0.15, -0.1) is 0 Å². The lowest BCUT2D eigenvalue weighted by atomic mass is 10.2. The van der Waals surface area contributed by atoms with Gasteiger partial charge in [-0.1, -0.05) is 0 Å². The predicted octanol–water partition coefficient (Wildman–Crippen LogP) is -0.582. The van der Waals surface area contributed by atoms with Crippen molar-refractivity contribution in [3.8, 4) is 0 Å². The van der Waals surface area contributed by atoms with Crippen molar-refractivity contribution in [1.29, 1.82) is 0 Å². The zero-order chi connectivity index (χ0) is 10.4. The first kappa shape index (κ1) is 11.0. The minimum absolute atomic E-state index is 0.0218. The van der Waals surface area contributed by atoms with Crippen molar-refractivity contribution in [3.63, 3.8) is 0 Å². The third kappa shape index (κ3) is 3.33. The van der Waals surface area contributed by atoms with Crippen LogP contribution in [0.15, 0.2) is 0 Å². The molecule has 0 aromatic rings. The Labute approximate surface area is 83.2 Å². The standard InChI is InChI=1S/C9H16N2O3/c1-14-8(12)4-6-11-9(13)7-3-2-5-10-7/h7,10H,2-6H2,1H3,(H,11,13)/t7-/m1/s1. The molecule has 5 nitrogen and oxygen atoms in total. The smallest absolute Gasteiger partial charge is 0.307 e. The first-order chi connectivity index (χ1) is 6.74. The Kier molecular flexibility index (Phi) is 4.39. The van der Waals surface area contributed by atoms with E-state index in [1.165, 1.54) is 7.11 Å². The lowest BCUT2D eigenvalue weighted by molar-refractivity contribution is -0.140. The van der Waals surface area contributed by atoms with Crippen molar-refractivity contribution >= 4 is 11.9 Å². The van der Waals surface area contributed by atoms with Crippen LogP contribution in [0, 0.1) is 0 Å². The third-order valence-corrected chi connectivity index (χ3v) is 2.23. The summed E-state index contributed by atoms with van der Waals surface area (Å²) in [7, 11) is 1.34. The monoisotopic (exact) mass is 200 g/mol. The van der Waals surface area contributed by atoms with Crippen molar-refractivity contribution in [2.45, 2.75) is 25.3 Å². The van der Waals surface area contributed by atoms with Gasteiger partial charge in [0, 0.05) is 6.54 Å². The molecule has 1 rings (SSSR count). The van der Waals surface area contributed by atoms with Crippen molar-refractivity contribution in [2.75, 3.05) is 20.2 Å². The summed E-state index contributed by atoms with van der Waals surface area (Å²) in [6.07, 6.45) is 2.15. The quantitative estimate of drug-likeness (QED) is 0.596. The van der Waals surface area contributed by atoms with Crippen LogP contribution in [0.25, 0.3) is 0 Å². The molecule has 0 aromatic carbocycles.